The zero-order chi connectivity index (χ0) is 14.9. The number of nitrogens with one attached hydrogen (secondary N) is 2. The quantitative estimate of drug-likeness (QED) is 0.609. The minimum Gasteiger partial charge on any atom is -0.355 e. The average molecular weight is 345 g/mol. The van der Waals surface area contributed by atoms with Gasteiger partial charge in [0.2, 0.25) is 5.91 Å². The van der Waals surface area contributed by atoms with Crippen LogP contribution >= 0.6 is 24.0 Å². The van der Waals surface area contributed by atoms with Crippen LogP contribution in [-0.4, -0.2) is 25.0 Å². The molecule has 1 aromatic carbocycles. The molecule has 2 N–H and O–H groups in total. The van der Waals surface area contributed by atoms with Crippen molar-refractivity contribution in [3.8, 4) is 0 Å². The van der Waals surface area contributed by atoms with Gasteiger partial charge in [-0.1, -0.05) is 49.4 Å². The van der Waals surface area contributed by atoms with Crippen molar-refractivity contribution in [1.82, 2.24) is 10.6 Å². The molecule has 0 unspecified atom stereocenters. The lowest BCUT2D eigenvalue weighted by molar-refractivity contribution is -0.120. The molecule has 124 valence electrons. The highest BCUT2D eigenvalue weighted by atomic mass is 35.5. The number of hydrogen-bond donors (Lipinski definition) is 2. The Hall–Kier alpha value is -0.770. The molecule has 2 rings (SSSR count). The van der Waals surface area contributed by atoms with Gasteiger partial charge in [-0.3, -0.25) is 4.79 Å². The second-order valence-corrected chi connectivity index (χ2v) is 6.24. The summed E-state index contributed by atoms with van der Waals surface area (Å²) in [6.45, 7) is 1.54. The third kappa shape index (κ3) is 7.48. The number of carbonyl (C=O) groups is 1. The van der Waals surface area contributed by atoms with Gasteiger partial charge in [-0.05, 0) is 30.5 Å². The molecule has 1 saturated carbocycles. The predicted octanol–water partition coefficient (Wildman–Crippen LogP) is 3.73. The summed E-state index contributed by atoms with van der Waals surface area (Å²) in [4.78, 5) is 11.8. The van der Waals surface area contributed by atoms with Crippen LogP contribution in [0.5, 0.6) is 0 Å². The summed E-state index contributed by atoms with van der Waals surface area (Å²) < 4.78 is 0. The van der Waals surface area contributed by atoms with Gasteiger partial charge in [0.15, 0.2) is 0 Å². The zero-order valence-corrected chi connectivity index (χ0v) is 14.5. The number of carbonyl (C=O) groups excluding carboxylic acids is 1. The lowest BCUT2D eigenvalue weighted by Crippen LogP contribution is -2.37. The Kier molecular flexibility index (Phi) is 9.53. The van der Waals surface area contributed by atoms with Gasteiger partial charge < -0.3 is 10.6 Å². The summed E-state index contributed by atoms with van der Waals surface area (Å²) in [6.07, 6.45) is 8.34. The molecule has 0 spiro atoms. The molecule has 0 saturated heterocycles. The SMILES string of the molecule is Cl.O=C(Cc1cccc(Cl)c1)NCCNC1CCCCCC1. The van der Waals surface area contributed by atoms with Crippen LogP contribution in [-0.2, 0) is 11.2 Å². The van der Waals surface area contributed by atoms with Gasteiger partial charge in [-0.15, -0.1) is 12.4 Å². The molecule has 22 heavy (non-hydrogen) atoms. The predicted molar refractivity (Wildman–Crippen MR) is 94.9 cm³/mol. The monoisotopic (exact) mass is 344 g/mol. The number of rotatable bonds is 6. The van der Waals surface area contributed by atoms with Crippen molar-refractivity contribution in [3.05, 3.63) is 34.9 Å². The first-order valence-corrected chi connectivity index (χ1v) is 8.36. The van der Waals surface area contributed by atoms with Gasteiger partial charge in [0, 0.05) is 24.2 Å². The van der Waals surface area contributed by atoms with Crippen LogP contribution < -0.4 is 10.6 Å². The fraction of sp³-hybridized carbons (Fsp3) is 0.588. The summed E-state index contributed by atoms with van der Waals surface area (Å²) in [5.41, 5.74) is 0.955. The molecule has 1 amide bonds. The number of hydrogen-bond acceptors (Lipinski definition) is 2. The van der Waals surface area contributed by atoms with Crippen LogP contribution in [0.1, 0.15) is 44.1 Å². The summed E-state index contributed by atoms with van der Waals surface area (Å²) in [5, 5.41) is 7.19. The van der Waals surface area contributed by atoms with Crippen molar-refractivity contribution in [3.63, 3.8) is 0 Å². The van der Waals surface area contributed by atoms with Crippen LogP contribution in [0.25, 0.3) is 0 Å². The van der Waals surface area contributed by atoms with Gasteiger partial charge in [-0.2, -0.15) is 0 Å². The van der Waals surface area contributed by atoms with Crippen LogP contribution in [0.2, 0.25) is 5.02 Å². The highest BCUT2D eigenvalue weighted by Gasteiger charge is 2.11. The molecule has 0 radical (unpaired) electrons. The Bertz CT molecular complexity index is 446. The van der Waals surface area contributed by atoms with E-state index in [9.17, 15) is 4.79 Å². The van der Waals surface area contributed by atoms with Gasteiger partial charge in [0.25, 0.3) is 0 Å². The maximum atomic E-state index is 11.8. The fourth-order valence-corrected chi connectivity index (χ4v) is 3.07. The Morgan fingerprint density at radius 1 is 1.14 bits per heavy atom. The first-order chi connectivity index (χ1) is 10.2. The molecular weight excluding hydrogens is 319 g/mol. The molecule has 0 aromatic heterocycles. The largest absolute Gasteiger partial charge is 0.355 e. The first kappa shape index (κ1) is 19.3. The molecule has 1 aliphatic rings. The second kappa shape index (κ2) is 10.9. The molecule has 0 heterocycles. The lowest BCUT2D eigenvalue weighted by atomic mass is 10.1. The van der Waals surface area contributed by atoms with Crippen LogP contribution in [0, 0.1) is 0 Å². The molecule has 1 aliphatic carbocycles. The van der Waals surface area contributed by atoms with E-state index in [4.69, 9.17) is 11.6 Å². The van der Waals surface area contributed by atoms with Crippen LogP contribution in [0.15, 0.2) is 24.3 Å². The van der Waals surface area contributed by atoms with Crippen molar-refractivity contribution in [2.75, 3.05) is 13.1 Å². The highest BCUT2D eigenvalue weighted by molar-refractivity contribution is 6.30. The Balaban J connectivity index is 0.00000242. The van der Waals surface area contributed by atoms with E-state index in [0.717, 1.165) is 12.1 Å². The van der Waals surface area contributed by atoms with Crippen molar-refractivity contribution in [2.45, 2.75) is 51.0 Å². The fourth-order valence-electron chi connectivity index (χ4n) is 2.86. The first-order valence-electron chi connectivity index (χ1n) is 7.98. The summed E-state index contributed by atoms with van der Waals surface area (Å²) >= 11 is 5.91. The topological polar surface area (TPSA) is 41.1 Å². The van der Waals surface area contributed by atoms with Crippen molar-refractivity contribution >= 4 is 29.9 Å². The highest BCUT2D eigenvalue weighted by Crippen LogP contribution is 2.16. The average Bonchev–Trinajstić information content (AvgIpc) is 2.72. The third-order valence-corrected chi connectivity index (χ3v) is 4.22. The smallest absolute Gasteiger partial charge is 0.224 e. The number of benzene rings is 1. The molecule has 1 aromatic rings. The van der Waals surface area contributed by atoms with Crippen LogP contribution in [0.3, 0.4) is 0 Å². The van der Waals surface area contributed by atoms with E-state index >= 15 is 0 Å². The molecule has 5 heteroatoms. The molecule has 0 bridgehead atoms. The summed E-state index contributed by atoms with van der Waals surface area (Å²) in [7, 11) is 0. The van der Waals surface area contributed by atoms with E-state index in [-0.39, 0.29) is 18.3 Å². The van der Waals surface area contributed by atoms with Crippen LogP contribution in [0.4, 0.5) is 0 Å². The number of halogens is 2. The maximum absolute atomic E-state index is 11.8. The van der Waals surface area contributed by atoms with Gasteiger partial charge in [0.05, 0.1) is 6.42 Å². The van der Waals surface area contributed by atoms with E-state index in [1.165, 1.54) is 38.5 Å². The maximum Gasteiger partial charge on any atom is 0.224 e. The standard InChI is InChI=1S/C17H25ClN2O.ClH/c18-15-7-5-6-14(12-15)13-17(21)20-11-10-19-16-8-3-1-2-4-9-16;/h5-7,12,16,19H,1-4,8-11,13H2,(H,20,21);1H. The van der Waals surface area contributed by atoms with Gasteiger partial charge in [0.1, 0.15) is 0 Å². The Morgan fingerprint density at radius 3 is 2.55 bits per heavy atom. The molecule has 1 fully saturated rings. The minimum absolute atomic E-state index is 0. The molecular formula is C17H26Cl2N2O. The van der Waals surface area contributed by atoms with E-state index in [0.29, 0.717) is 24.0 Å². The summed E-state index contributed by atoms with van der Waals surface area (Å²) in [5.74, 6) is 0.0555. The van der Waals surface area contributed by atoms with Gasteiger partial charge in [-0.25, -0.2) is 0 Å². The lowest BCUT2D eigenvalue weighted by Gasteiger charge is -2.16. The van der Waals surface area contributed by atoms with Crippen molar-refractivity contribution in [1.29, 1.82) is 0 Å². The zero-order valence-electron chi connectivity index (χ0n) is 12.9. The minimum atomic E-state index is 0. The molecule has 0 atom stereocenters. The number of amides is 1. The normalized spacial score (nSPS) is 15.7. The third-order valence-electron chi connectivity index (χ3n) is 3.99. The van der Waals surface area contributed by atoms with E-state index in [2.05, 4.69) is 10.6 Å². The van der Waals surface area contributed by atoms with Crippen molar-refractivity contribution in [2.24, 2.45) is 0 Å². The van der Waals surface area contributed by atoms with Crippen molar-refractivity contribution < 1.29 is 4.79 Å². The van der Waals surface area contributed by atoms with E-state index < -0.39 is 0 Å². The second-order valence-electron chi connectivity index (χ2n) is 5.80. The Labute approximate surface area is 144 Å². The Morgan fingerprint density at radius 2 is 1.86 bits per heavy atom. The summed E-state index contributed by atoms with van der Waals surface area (Å²) in [6, 6.07) is 8.09. The molecule has 3 nitrogen and oxygen atoms in total. The molecule has 0 aliphatic heterocycles. The van der Waals surface area contributed by atoms with E-state index in [1.54, 1.807) is 0 Å². The van der Waals surface area contributed by atoms with E-state index in [1.807, 2.05) is 24.3 Å². The van der Waals surface area contributed by atoms with Gasteiger partial charge >= 0.3 is 0 Å².